The Bertz CT molecular complexity index is 1240. The molecule has 5 rings (SSSR count). The van der Waals surface area contributed by atoms with E-state index in [1.807, 2.05) is 34.9 Å². The fourth-order valence-corrected chi connectivity index (χ4v) is 4.19. The van der Waals surface area contributed by atoms with Crippen LogP contribution in [0.1, 0.15) is 17.5 Å². The molecule has 1 aromatic carbocycles. The number of ether oxygens (including phenoxy) is 1. The minimum Gasteiger partial charge on any atom is -0.384 e. The third-order valence-electron chi connectivity index (χ3n) is 5.86. The largest absolute Gasteiger partial charge is 0.384 e. The molecule has 2 N–H and O–H groups in total. The third kappa shape index (κ3) is 3.89. The van der Waals surface area contributed by atoms with Crippen LogP contribution in [0, 0.1) is 5.82 Å². The van der Waals surface area contributed by atoms with Gasteiger partial charge in [-0.25, -0.2) is 9.37 Å². The molecule has 3 aromatic heterocycles. The van der Waals surface area contributed by atoms with Gasteiger partial charge in [0.15, 0.2) is 17.3 Å². The van der Waals surface area contributed by atoms with Gasteiger partial charge < -0.3 is 10.5 Å². The Hall–Kier alpha value is -2.94. The second-order valence-electron chi connectivity index (χ2n) is 8.12. The maximum atomic E-state index is 15.1. The van der Waals surface area contributed by atoms with Crippen molar-refractivity contribution in [3.63, 3.8) is 0 Å². The first kappa shape index (κ1) is 20.0. The van der Waals surface area contributed by atoms with Crippen LogP contribution in [-0.4, -0.2) is 57.3 Å². The molecular weight excluding hydrogens is 395 g/mol. The molecule has 1 saturated heterocycles. The molecule has 0 radical (unpaired) electrons. The number of benzene rings is 1. The van der Waals surface area contributed by atoms with E-state index < -0.39 is 0 Å². The van der Waals surface area contributed by atoms with Crippen LogP contribution in [0.25, 0.3) is 28.1 Å². The van der Waals surface area contributed by atoms with E-state index >= 15 is 4.39 Å². The highest BCUT2D eigenvalue weighted by atomic mass is 19.1. The Balaban J connectivity index is 1.52. The number of rotatable bonds is 6. The molecule has 1 aliphatic rings. The predicted molar refractivity (Wildman–Crippen MR) is 117 cm³/mol. The van der Waals surface area contributed by atoms with Crippen LogP contribution < -0.4 is 5.73 Å². The number of aromatic nitrogens is 4. The van der Waals surface area contributed by atoms with E-state index in [2.05, 4.69) is 26.1 Å². The monoisotopic (exact) mass is 420 g/mol. The average Bonchev–Trinajstić information content (AvgIpc) is 3.39. The molecule has 4 aromatic rings. The summed E-state index contributed by atoms with van der Waals surface area (Å²) in [5, 5.41) is 9.36. The molecule has 0 saturated carbocycles. The van der Waals surface area contributed by atoms with E-state index in [1.54, 1.807) is 13.2 Å². The van der Waals surface area contributed by atoms with Crippen molar-refractivity contribution >= 4 is 16.6 Å². The Kier molecular flexibility index (Phi) is 5.35. The zero-order valence-corrected chi connectivity index (χ0v) is 17.5. The molecule has 1 aliphatic heterocycles. The van der Waals surface area contributed by atoms with E-state index in [9.17, 15) is 0 Å². The number of nitrogens with zero attached hydrogens (tertiary/aromatic N) is 5. The van der Waals surface area contributed by atoms with Gasteiger partial charge in [-0.3, -0.25) is 9.30 Å². The van der Waals surface area contributed by atoms with Crippen LogP contribution in [0.3, 0.4) is 0 Å². The fraction of sp³-hybridized carbons (Fsp3) is 0.348. The summed E-state index contributed by atoms with van der Waals surface area (Å²) in [5.41, 5.74) is 9.43. The highest BCUT2D eigenvalue weighted by Gasteiger charge is 2.20. The van der Waals surface area contributed by atoms with Crippen molar-refractivity contribution in [2.45, 2.75) is 25.4 Å². The normalized spacial score (nSPS) is 17.2. The van der Waals surface area contributed by atoms with Gasteiger partial charge in [0.1, 0.15) is 11.2 Å². The molecule has 4 heterocycles. The SMILES string of the molecule is COCCc1ccc2ccc(-c3nnc4ccc(CN5CCC(N)C5)cn34)nc2c1F. The van der Waals surface area contributed by atoms with Crippen molar-refractivity contribution in [1.82, 2.24) is 24.5 Å². The first-order chi connectivity index (χ1) is 15.1. The predicted octanol–water partition coefficient (Wildman–Crippen LogP) is 2.81. The van der Waals surface area contributed by atoms with E-state index in [1.165, 1.54) is 0 Å². The molecule has 8 heteroatoms. The minimum atomic E-state index is -0.309. The molecule has 1 atom stereocenters. The molecule has 31 heavy (non-hydrogen) atoms. The number of nitrogens with two attached hydrogens (primary N) is 1. The first-order valence-corrected chi connectivity index (χ1v) is 10.5. The summed E-state index contributed by atoms with van der Waals surface area (Å²) in [5.74, 6) is 0.287. The Labute approximate surface area is 179 Å². The number of fused-ring (bicyclic) bond motifs is 2. The van der Waals surface area contributed by atoms with E-state index in [0.717, 1.165) is 42.7 Å². The number of hydrogen-bond donors (Lipinski definition) is 1. The quantitative estimate of drug-likeness (QED) is 0.517. The van der Waals surface area contributed by atoms with Crippen LogP contribution in [0.4, 0.5) is 4.39 Å². The number of pyridine rings is 2. The molecule has 1 fully saturated rings. The highest BCUT2D eigenvalue weighted by Crippen LogP contribution is 2.25. The van der Waals surface area contributed by atoms with Gasteiger partial charge in [-0.15, -0.1) is 10.2 Å². The number of halogens is 1. The molecule has 0 aliphatic carbocycles. The summed E-state index contributed by atoms with van der Waals surface area (Å²) in [6.45, 7) is 3.20. The van der Waals surface area contributed by atoms with Crippen molar-refractivity contribution < 1.29 is 9.13 Å². The maximum absolute atomic E-state index is 15.1. The van der Waals surface area contributed by atoms with Gasteiger partial charge in [0.05, 0.1) is 6.61 Å². The van der Waals surface area contributed by atoms with Crippen LogP contribution in [0.2, 0.25) is 0 Å². The van der Waals surface area contributed by atoms with Crippen molar-refractivity contribution in [3.8, 4) is 11.5 Å². The molecular formula is C23H25FN6O. The first-order valence-electron chi connectivity index (χ1n) is 10.5. The average molecular weight is 420 g/mol. The van der Waals surface area contributed by atoms with Gasteiger partial charge in [-0.1, -0.05) is 24.3 Å². The van der Waals surface area contributed by atoms with Crippen LogP contribution in [0.15, 0.2) is 42.6 Å². The van der Waals surface area contributed by atoms with Gasteiger partial charge in [0.2, 0.25) is 0 Å². The van der Waals surface area contributed by atoms with Crippen molar-refractivity contribution in [3.05, 3.63) is 59.5 Å². The molecule has 160 valence electrons. The fourth-order valence-electron chi connectivity index (χ4n) is 4.19. The lowest BCUT2D eigenvalue weighted by atomic mass is 10.1. The second kappa shape index (κ2) is 8.30. The Morgan fingerprint density at radius 3 is 2.84 bits per heavy atom. The van der Waals surface area contributed by atoms with Crippen molar-refractivity contribution in [2.75, 3.05) is 26.8 Å². The lowest BCUT2D eigenvalue weighted by Crippen LogP contribution is -2.26. The molecule has 7 nitrogen and oxygen atoms in total. The van der Waals surface area contributed by atoms with Crippen molar-refractivity contribution in [1.29, 1.82) is 0 Å². The lowest BCUT2D eigenvalue weighted by molar-refractivity contribution is 0.201. The Morgan fingerprint density at radius 1 is 1.16 bits per heavy atom. The van der Waals surface area contributed by atoms with Crippen LogP contribution in [0.5, 0.6) is 0 Å². The second-order valence-corrected chi connectivity index (χ2v) is 8.12. The molecule has 0 amide bonds. The number of methoxy groups -OCH3 is 1. The summed E-state index contributed by atoms with van der Waals surface area (Å²) < 4.78 is 22.1. The summed E-state index contributed by atoms with van der Waals surface area (Å²) in [7, 11) is 1.61. The number of likely N-dealkylation sites (tertiary alicyclic amines) is 1. The lowest BCUT2D eigenvalue weighted by Gasteiger charge is -2.15. The zero-order valence-electron chi connectivity index (χ0n) is 17.5. The summed E-state index contributed by atoms with van der Waals surface area (Å²) in [4.78, 5) is 6.96. The van der Waals surface area contributed by atoms with E-state index in [4.69, 9.17) is 10.5 Å². The molecule has 0 bridgehead atoms. The van der Waals surface area contributed by atoms with Gasteiger partial charge in [-0.05, 0) is 36.1 Å². The van der Waals surface area contributed by atoms with Gasteiger partial charge in [-0.2, -0.15) is 0 Å². The molecule has 1 unspecified atom stereocenters. The zero-order chi connectivity index (χ0) is 21.4. The number of hydrogen-bond acceptors (Lipinski definition) is 6. The summed E-state index contributed by atoms with van der Waals surface area (Å²) in [6, 6.07) is 11.7. The van der Waals surface area contributed by atoms with E-state index in [0.29, 0.717) is 35.6 Å². The third-order valence-corrected chi connectivity index (χ3v) is 5.86. The Morgan fingerprint density at radius 2 is 2.03 bits per heavy atom. The minimum absolute atomic E-state index is 0.250. The summed E-state index contributed by atoms with van der Waals surface area (Å²) >= 11 is 0. The van der Waals surface area contributed by atoms with Gasteiger partial charge >= 0.3 is 0 Å². The standard InChI is InChI=1S/C23H25FN6O/c1-31-11-9-16-3-4-17-5-6-19(26-22(17)21(16)24)23-28-27-20-7-2-15(13-30(20)23)12-29-10-8-18(25)14-29/h2-7,13,18H,8-12,14,25H2,1H3. The topological polar surface area (TPSA) is 81.6 Å². The smallest absolute Gasteiger partial charge is 0.187 e. The van der Waals surface area contributed by atoms with Crippen molar-refractivity contribution in [2.24, 2.45) is 5.73 Å². The molecule has 0 spiro atoms. The maximum Gasteiger partial charge on any atom is 0.187 e. The van der Waals surface area contributed by atoms with Gasteiger partial charge in [0.25, 0.3) is 0 Å². The van der Waals surface area contributed by atoms with Gasteiger partial charge in [0, 0.05) is 44.4 Å². The highest BCUT2D eigenvalue weighted by molar-refractivity contribution is 5.82. The van der Waals surface area contributed by atoms with E-state index in [-0.39, 0.29) is 11.9 Å². The van der Waals surface area contributed by atoms with Crippen LogP contribution in [-0.2, 0) is 17.7 Å². The van der Waals surface area contributed by atoms with Crippen LogP contribution >= 0.6 is 0 Å². The summed E-state index contributed by atoms with van der Waals surface area (Å²) in [6.07, 6.45) is 3.56.